The molecule has 2 aliphatic rings. The zero-order chi connectivity index (χ0) is 15.9. The lowest BCUT2D eigenvalue weighted by Gasteiger charge is -2.19. The van der Waals surface area contributed by atoms with Crippen LogP contribution < -0.4 is 5.32 Å². The highest BCUT2D eigenvalue weighted by molar-refractivity contribution is 7.89. The number of nitrogens with one attached hydrogen (secondary N) is 1. The van der Waals surface area contributed by atoms with Crippen LogP contribution in [-0.2, 0) is 14.8 Å². The molecule has 0 bridgehead atoms. The van der Waals surface area contributed by atoms with Crippen LogP contribution in [0.4, 0.5) is 4.39 Å². The summed E-state index contributed by atoms with van der Waals surface area (Å²) in [6, 6.07) is 3.08. The largest absolute Gasteiger partial charge is 0.465 e. The molecule has 8 heteroatoms. The van der Waals surface area contributed by atoms with Crippen LogP contribution in [-0.4, -0.2) is 52.0 Å². The lowest BCUT2D eigenvalue weighted by molar-refractivity contribution is 0.0596. The van der Waals surface area contributed by atoms with E-state index in [9.17, 15) is 17.6 Å². The standard InChI is InChI=1S/C14H17FN2O4S/c1-21-14(18)12-3-2-11(15)4-13(12)22(19,20)17-7-9-5-16-6-10(9)8-17/h2-4,9-10,16H,5-8H2,1H3/t9-,10+. The summed E-state index contributed by atoms with van der Waals surface area (Å²) in [5.74, 6) is -0.957. The molecule has 2 atom stereocenters. The molecule has 0 amide bonds. The summed E-state index contributed by atoms with van der Waals surface area (Å²) in [6.45, 7) is 2.33. The van der Waals surface area contributed by atoms with Gasteiger partial charge >= 0.3 is 5.97 Å². The lowest BCUT2D eigenvalue weighted by atomic mass is 10.0. The van der Waals surface area contributed by atoms with E-state index in [1.807, 2.05) is 0 Å². The lowest BCUT2D eigenvalue weighted by Crippen LogP contribution is -2.33. The Morgan fingerprint density at radius 3 is 2.55 bits per heavy atom. The Morgan fingerprint density at radius 1 is 1.32 bits per heavy atom. The predicted molar refractivity (Wildman–Crippen MR) is 76.3 cm³/mol. The molecule has 2 fully saturated rings. The van der Waals surface area contributed by atoms with E-state index < -0.39 is 21.8 Å². The first-order valence-corrected chi connectivity index (χ1v) is 8.46. The minimum atomic E-state index is -3.92. The number of methoxy groups -OCH3 is 1. The highest BCUT2D eigenvalue weighted by atomic mass is 32.2. The second kappa shape index (κ2) is 5.60. The Kier molecular flexibility index (Phi) is 3.92. The van der Waals surface area contributed by atoms with Crippen molar-refractivity contribution in [3.8, 4) is 0 Å². The third-order valence-electron chi connectivity index (χ3n) is 4.32. The van der Waals surface area contributed by atoms with Crippen LogP contribution in [0, 0.1) is 17.7 Å². The number of halogens is 1. The maximum absolute atomic E-state index is 13.5. The van der Waals surface area contributed by atoms with Gasteiger partial charge in [0.2, 0.25) is 10.0 Å². The minimum Gasteiger partial charge on any atom is -0.465 e. The molecular formula is C14H17FN2O4S. The summed E-state index contributed by atoms with van der Waals surface area (Å²) >= 11 is 0. The topological polar surface area (TPSA) is 75.7 Å². The van der Waals surface area contributed by atoms with E-state index in [0.29, 0.717) is 13.1 Å². The predicted octanol–water partition coefficient (Wildman–Crippen LogP) is 0.452. The zero-order valence-corrected chi connectivity index (χ0v) is 12.9. The van der Waals surface area contributed by atoms with Gasteiger partial charge in [-0.3, -0.25) is 0 Å². The van der Waals surface area contributed by atoms with Gasteiger partial charge in [-0.15, -0.1) is 0 Å². The maximum Gasteiger partial charge on any atom is 0.339 e. The smallest absolute Gasteiger partial charge is 0.339 e. The van der Waals surface area contributed by atoms with E-state index >= 15 is 0 Å². The number of fused-ring (bicyclic) bond motifs is 1. The number of rotatable bonds is 3. The molecule has 0 unspecified atom stereocenters. The minimum absolute atomic E-state index is 0.140. The van der Waals surface area contributed by atoms with E-state index in [2.05, 4.69) is 10.1 Å². The Labute approximate surface area is 128 Å². The fourth-order valence-electron chi connectivity index (χ4n) is 3.14. The molecule has 1 aromatic rings. The van der Waals surface area contributed by atoms with Crippen molar-refractivity contribution in [1.29, 1.82) is 0 Å². The third kappa shape index (κ3) is 2.51. The third-order valence-corrected chi connectivity index (χ3v) is 6.19. The first kappa shape index (κ1) is 15.4. The Morgan fingerprint density at radius 2 is 1.95 bits per heavy atom. The van der Waals surface area contributed by atoms with Gasteiger partial charge in [-0.25, -0.2) is 17.6 Å². The molecule has 1 N–H and O–H groups in total. The molecule has 0 aromatic heterocycles. The summed E-state index contributed by atoms with van der Waals surface area (Å²) in [6.07, 6.45) is 0. The molecular weight excluding hydrogens is 311 g/mol. The number of carbonyl (C=O) groups is 1. The van der Waals surface area contributed by atoms with Crippen molar-refractivity contribution in [2.45, 2.75) is 4.90 Å². The number of esters is 1. The summed E-state index contributed by atoms with van der Waals surface area (Å²) in [5.41, 5.74) is -0.140. The van der Waals surface area contributed by atoms with Crippen LogP contribution in [0.15, 0.2) is 23.1 Å². The molecule has 0 aliphatic carbocycles. The quantitative estimate of drug-likeness (QED) is 0.816. The highest BCUT2D eigenvalue weighted by Crippen LogP contribution is 2.32. The SMILES string of the molecule is COC(=O)c1ccc(F)cc1S(=O)(=O)N1C[C@H]2CNC[C@H]2C1. The van der Waals surface area contributed by atoms with Crippen molar-refractivity contribution >= 4 is 16.0 Å². The number of hydrogen-bond donors (Lipinski definition) is 1. The van der Waals surface area contributed by atoms with Crippen molar-refractivity contribution in [3.05, 3.63) is 29.6 Å². The first-order chi connectivity index (χ1) is 10.4. The van der Waals surface area contributed by atoms with E-state index in [-0.39, 0.29) is 22.3 Å². The number of benzene rings is 1. The van der Waals surface area contributed by atoms with Crippen molar-refractivity contribution in [3.63, 3.8) is 0 Å². The van der Waals surface area contributed by atoms with Gasteiger partial charge in [0.25, 0.3) is 0 Å². The van der Waals surface area contributed by atoms with Gasteiger partial charge in [-0.1, -0.05) is 0 Å². The molecule has 6 nitrogen and oxygen atoms in total. The summed E-state index contributed by atoms with van der Waals surface area (Å²) in [4.78, 5) is 11.4. The normalized spacial score (nSPS) is 25.2. The Hall–Kier alpha value is -1.51. The van der Waals surface area contributed by atoms with E-state index in [1.54, 1.807) is 0 Å². The summed E-state index contributed by atoms with van der Waals surface area (Å²) in [5, 5.41) is 3.23. The molecule has 22 heavy (non-hydrogen) atoms. The van der Waals surface area contributed by atoms with Crippen LogP contribution >= 0.6 is 0 Å². The molecule has 0 saturated carbocycles. The molecule has 2 aliphatic heterocycles. The van der Waals surface area contributed by atoms with E-state index in [0.717, 1.165) is 38.4 Å². The number of hydrogen-bond acceptors (Lipinski definition) is 5. The molecule has 3 rings (SSSR count). The van der Waals surface area contributed by atoms with Crippen molar-refractivity contribution in [2.24, 2.45) is 11.8 Å². The van der Waals surface area contributed by atoms with Gasteiger partial charge in [0.15, 0.2) is 0 Å². The van der Waals surface area contributed by atoms with Crippen LogP contribution in [0.1, 0.15) is 10.4 Å². The maximum atomic E-state index is 13.5. The van der Waals surface area contributed by atoms with Gasteiger partial charge in [-0.05, 0) is 43.1 Å². The first-order valence-electron chi connectivity index (χ1n) is 7.02. The summed E-state index contributed by atoms with van der Waals surface area (Å²) < 4.78 is 45.0. The number of nitrogens with zero attached hydrogens (tertiary/aromatic N) is 1. The van der Waals surface area contributed by atoms with Gasteiger partial charge < -0.3 is 10.1 Å². The van der Waals surface area contributed by atoms with Crippen LogP contribution in [0.3, 0.4) is 0 Å². The van der Waals surface area contributed by atoms with Crippen LogP contribution in [0.25, 0.3) is 0 Å². The fraction of sp³-hybridized carbons (Fsp3) is 0.500. The van der Waals surface area contributed by atoms with Gasteiger partial charge in [0, 0.05) is 13.1 Å². The van der Waals surface area contributed by atoms with Crippen LogP contribution in [0.2, 0.25) is 0 Å². The zero-order valence-electron chi connectivity index (χ0n) is 12.1. The Balaban J connectivity index is 1.99. The van der Waals surface area contributed by atoms with E-state index in [1.165, 1.54) is 4.31 Å². The van der Waals surface area contributed by atoms with Gasteiger partial charge in [-0.2, -0.15) is 4.31 Å². The van der Waals surface area contributed by atoms with E-state index in [4.69, 9.17) is 0 Å². The van der Waals surface area contributed by atoms with Crippen molar-refractivity contribution in [1.82, 2.24) is 9.62 Å². The van der Waals surface area contributed by atoms with Crippen molar-refractivity contribution < 1.29 is 22.3 Å². The summed E-state index contributed by atoms with van der Waals surface area (Å²) in [7, 11) is -2.76. The monoisotopic (exact) mass is 328 g/mol. The second-order valence-corrected chi connectivity index (χ2v) is 7.54. The number of ether oxygens (including phenoxy) is 1. The Bertz CT molecular complexity index is 695. The fourth-order valence-corrected chi connectivity index (χ4v) is 4.88. The molecule has 0 radical (unpaired) electrons. The molecule has 2 heterocycles. The average Bonchev–Trinajstić information content (AvgIpc) is 3.07. The second-order valence-electron chi connectivity index (χ2n) is 5.63. The number of sulfonamides is 1. The molecule has 1 aromatic carbocycles. The molecule has 0 spiro atoms. The van der Waals surface area contributed by atoms with Gasteiger partial charge in [0.05, 0.1) is 17.6 Å². The number of carbonyl (C=O) groups excluding carboxylic acids is 1. The van der Waals surface area contributed by atoms with Gasteiger partial charge in [0.1, 0.15) is 5.82 Å². The highest BCUT2D eigenvalue weighted by Gasteiger charge is 2.42. The van der Waals surface area contributed by atoms with Crippen molar-refractivity contribution in [2.75, 3.05) is 33.3 Å². The van der Waals surface area contributed by atoms with Crippen LogP contribution in [0.5, 0.6) is 0 Å². The average molecular weight is 328 g/mol. The molecule has 120 valence electrons. The molecule has 2 saturated heterocycles.